The third-order valence-corrected chi connectivity index (χ3v) is 3.77. The summed E-state index contributed by atoms with van der Waals surface area (Å²) in [7, 11) is 1.60. The van der Waals surface area contributed by atoms with Gasteiger partial charge in [-0.2, -0.15) is 0 Å². The van der Waals surface area contributed by atoms with Gasteiger partial charge in [0.25, 0.3) is 5.56 Å². The van der Waals surface area contributed by atoms with Gasteiger partial charge in [-0.05, 0) is 29.8 Å². The standard InChI is InChI=1S/C18H17FN4O2/c1-23-17(25)15(12-2-4-14(19)5-3-12)16(13-6-8-20-9-7-13)22-18(23)21-10-11-24/h2-9,24H,10-11H2,1H3,(H,21,22). The number of nitrogens with one attached hydrogen (secondary N) is 1. The third-order valence-electron chi connectivity index (χ3n) is 3.77. The van der Waals surface area contributed by atoms with Crippen LogP contribution in [0.3, 0.4) is 0 Å². The Balaban J connectivity index is 2.26. The van der Waals surface area contributed by atoms with Gasteiger partial charge in [-0.1, -0.05) is 12.1 Å². The van der Waals surface area contributed by atoms with E-state index in [0.717, 1.165) is 5.56 Å². The molecule has 0 spiro atoms. The molecule has 0 aliphatic heterocycles. The van der Waals surface area contributed by atoms with Crippen molar-refractivity contribution in [1.82, 2.24) is 14.5 Å². The summed E-state index contributed by atoms with van der Waals surface area (Å²) in [6, 6.07) is 9.24. The Morgan fingerprint density at radius 2 is 1.80 bits per heavy atom. The number of hydrogen-bond acceptors (Lipinski definition) is 5. The Hall–Kier alpha value is -3.06. The van der Waals surface area contributed by atoms with Crippen LogP contribution in [0.2, 0.25) is 0 Å². The fourth-order valence-corrected chi connectivity index (χ4v) is 2.52. The van der Waals surface area contributed by atoms with Gasteiger partial charge in [-0.3, -0.25) is 14.3 Å². The molecule has 6 nitrogen and oxygen atoms in total. The Labute approximate surface area is 143 Å². The highest BCUT2D eigenvalue weighted by atomic mass is 19.1. The van der Waals surface area contributed by atoms with Crippen molar-refractivity contribution in [2.24, 2.45) is 7.05 Å². The van der Waals surface area contributed by atoms with Crippen molar-refractivity contribution in [3.8, 4) is 22.4 Å². The van der Waals surface area contributed by atoms with Gasteiger partial charge in [0.05, 0.1) is 17.9 Å². The van der Waals surface area contributed by atoms with Gasteiger partial charge in [-0.15, -0.1) is 0 Å². The third kappa shape index (κ3) is 3.41. The molecular formula is C18H17FN4O2. The van der Waals surface area contributed by atoms with Crippen LogP contribution in [0.25, 0.3) is 22.4 Å². The first kappa shape index (κ1) is 16.8. The predicted molar refractivity (Wildman–Crippen MR) is 93.7 cm³/mol. The number of aromatic nitrogens is 3. The van der Waals surface area contributed by atoms with Gasteiger partial charge >= 0.3 is 0 Å². The van der Waals surface area contributed by atoms with E-state index in [1.807, 2.05) is 0 Å². The summed E-state index contributed by atoms with van der Waals surface area (Å²) in [4.78, 5) is 21.5. The van der Waals surface area contributed by atoms with Crippen LogP contribution in [0.15, 0.2) is 53.6 Å². The Morgan fingerprint density at radius 3 is 2.44 bits per heavy atom. The number of anilines is 1. The van der Waals surface area contributed by atoms with Gasteiger partial charge in [0.2, 0.25) is 5.95 Å². The molecule has 2 heterocycles. The second-order valence-corrected chi connectivity index (χ2v) is 5.42. The number of rotatable bonds is 5. The molecule has 0 unspecified atom stereocenters. The minimum Gasteiger partial charge on any atom is -0.395 e. The first-order valence-electron chi connectivity index (χ1n) is 7.74. The Kier molecular flexibility index (Phi) is 4.85. The first-order chi connectivity index (χ1) is 12.1. The number of nitrogens with zero attached hydrogens (tertiary/aromatic N) is 3. The number of hydrogen-bond donors (Lipinski definition) is 2. The van der Waals surface area contributed by atoms with Crippen LogP contribution < -0.4 is 10.9 Å². The molecule has 7 heteroatoms. The molecule has 128 valence electrons. The van der Waals surface area contributed by atoms with E-state index in [-0.39, 0.29) is 24.5 Å². The molecule has 2 N–H and O–H groups in total. The largest absolute Gasteiger partial charge is 0.395 e. The quantitative estimate of drug-likeness (QED) is 0.743. The van der Waals surface area contributed by atoms with Gasteiger partial charge in [-0.25, -0.2) is 9.37 Å². The molecule has 0 amide bonds. The molecule has 0 aliphatic carbocycles. The van der Waals surface area contributed by atoms with E-state index in [2.05, 4.69) is 15.3 Å². The van der Waals surface area contributed by atoms with Crippen LogP contribution in [0.5, 0.6) is 0 Å². The van der Waals surface area contributed by atoms with Gasteiger partial charge in [0.1, 0.15) is 5.82 Å². The highest BCUT2D eigenvalue weighted by Gasteiger charge is 2.18. The van der Waals surface area contributed by atoms with Crippen LogP contribution in [-0.2, 0) is 7.05 Å². The summed E-state index contributed by atoms with van der Waals surface area (Å²) < 4.78 is 14.6. The summed E-state index contributed by atoms with van der Waals surface area (Å²) in [5.41, 5.74) is 1.88. The number of benzene rings is 1. The lowest BCUT2D eigenvalue weighted by molar-refractivity contribution is 0.310. The monoisotopic (exact) mass is 340 g/mol. The molecule has 25 heavy (non-hydrogen) atoms. The molecule has 0 atom stereocenters. The maximum Gasteiger partial charge on any atom is 0.263 e. The van der Waals surface area contributed by atoms with Crippen LogP contribution in [0.4, 0.5) is 10.3 Å². The molecule has 0 saturated heterocycles. The Bertz CT molecular complexity index is 924. The molecule has 3 aromatic rings. The molecule has 1 aromatic carbocycles. The van der Waals surface area contributed by atoms with E-state index >= 15 is 0 Å². The summed E-state index contributed by atoms with van der Waals surface area (Å²) in [5.74, 6) is -0.0306. The maximum absolute atomic E-state index is 13.3. The second kappa shape index (κ2) is 7.23. The normalized spacial score (nSPS) is 10.7. The molecule has 0 fully saturated rings. The summed E-state index contributed by atoms with van der Waals surface area (Å²) in [6.45, 7) is 0.187. The van der Waals surface area contributed by atoms with E-state index in [1.165, 1.54) is 16.7 Å². The number of aliphatic hydroxyl groups excluding tert-OH is 1. The molecular weight excluding hydrogens is 323 g/mol. The van der Waals surface area contributed by atoms with Crippen molar-refractivity contribution >= 4 is 5.95 Å². The molecule has 0 aliphatic rings. The zero-order chi connectivity index (χ0) is 17.8. The van der Waals surface area contributed by atoms with Crippen LogP contribution in [0, 0.1) is 5.82 Å². The average molecular weight is 340 g/mol. The zero-order valence-electron chi connectivity index (χ0n) is 13.6. The summed E-state index contributed by atoms with van der Waals surface area (Å²) in [5, 5.41) is 11.9. The van der Waals surface area contributed by atoms with Crippen molar-refractivity contribution in [2.75, 3.05) is 18.5 Å². The summed E-state index contributed by atoms with van der Waals surface area (Å²) in [6.07, 6.45) is 3.23. The lowest BCUT2D eigenvalue weighted by Gasteiger charge is -2.15. The highest BCUT2D eigenvalue weighted by molar-refractivity contribution is 5.80. The van der Waals surface area contributed by atoms with Crippen LogP contribution in [0.1, 0.15) is 0 Å². The van der Waals surface area contributed by atoms with Crippen molar-refractivity contribution in [1.29, 1.82) is 0 Å². The Morgan fingerprint density at radius 1 is 1.12 bits per heavy atom. The van der Waals surface area contributed by atoms with E-state index in [9.17, 15) is 9.18 Å². The van der Waals surface area contributed by atoms with Gasteiger partial charge < -0.3 is 10.4 Å². The van der Waals surface area contributed by atoms with Crippen molar-refractivity contribution in [2.45, 2.75) is 0 Å². The minimum absolute atomic E-state index is 0.0832. The van der Waals surface area contributed by atoms with Gasteiger partial charge in [0.15, 0.2) is 0 Å². The van der Waals surface area contributed by atoms with E-state index < -0.39 is 0 Å². The van der Waals surface area contributed by atoms with Gasteiger partial charge in [0, 0.05) is 31.5 Å². The predicted octanol–water partition coefficient (Wildman–Crippen LogP) is 2.05. The maximum atomic E-state index is 13.3. The molecule has 0 bridgehead atoms. The lowest BCUT2D eigenvalue weighted by atomic mass is 10.0. The van der Waals surface area contributed by atoms with Crippen molar-refractivity contribution in [3.05, 3.63) is 65.0 Å². The van der Waals surface area contributed by atoms with Crippen LogP contribution >= 0.6 is 0 Å². The van der Waals surface area contributed by atoms with E-state index in [0.29, 0.717) is 22.8 Å². The number of pyridine rings is 1. The van der Waals surface area contributed by atoms with Crippen molar-refractivity contribution in [3.63, 3.8) is 0 Å². The topological polar surface area (TPSA) is 80.0 Å². The average Bonchev–Trinajstić information content (AvgIpc) is 2.64. The molecule has 0 radical (unpaired) electrons. The van der Waals surface area contributed by atoms with Crippen LogP contribution in [-0.4, -0.2) is 32.8 Å². The zero-order valence-corrected chi connectivity index (χ0v) is 13.6. The SMILES string of the molecule is Cn1c(NCCO)nc(-c2ccncc2)c(-c2ccc(F)cc2)c1=O. The second-order valence-electron chi connectivity index (χ2n) is 5.42. The fourth-order valence-electron chi connectivity index (χ4n) is 2.52. The first-order valence-corrected chi connectivity index (χ1v) is 7.74. The minimum atomic E-state index is -0.375. The lowest BCUT2D eigenvalue weighted by Crippen LogP contribution is -2.25. The number of halogens is 1. The molecule has 3 rings (SSSR count). The van der Waals surface area contributed by atoms with Crippen molar-refractivity contribution < 1.29 is 9.50 Å². The fraction of sp³-hybridized carbons (Fsp3) is 0.167. The molecule has 2 aromatic heterocycles. The van der Waals surface area contributed by atoms with E-state index in [1.54, 1.807) is 43.7 Å². The smallest absolute Gasteiger partial charge is 0.263 e. The summed E-state index contributed by atoms with van der Waals surface area (Å²) >= 11 is 0. The van der Waals surface area contributed by atoms with E-state index in [4.69, 9.17) is 5.11 Å². The molecule has 0 saturated carbocycles. The number of aliphatic hydroxyl groups is 1. The highest BCUT2D eigenvalue weighted by Crippen LogP contribution is 2.28.